The first-order valence-electron chi connectivity index (χ1n) is 8.97. The molecule has 0 fully saturated rings. The first-order chi connectivity index (χ1) is 13.8. The molecule has 0 aliphatic rings. The maximum Gasteiger partial charge on any atom is 0.231 e. The molecule has 5 heteroatoms. The Balaban J connectivity index is 1.83. The summed E-state index contributed by atoms with van der Waals surface area (Å²) in [4.78, 5) is 12.8. The Hall–Kier alpha value is -3.86. The quantitative estimate of drug-likeness (QED) is 0.476. The van der Waals surface area contributed by atoms with Crippen molar-refractivity contribution in [3.05, 3.63) is 84.4 Å². The third-order valence-corrected chi connectivity index (χ3v) is 4.59. The maximum absolute atomic E-state index is 6.22. The van der Waals surface area contributed by atoms with Crippen LogP contribution in [0, 0.1) is 0 Å². The van der Waals surface area contributed by atoms with E-state index in [1.807, 2.05) is 78.9 Å². The molecule has 0 amide bonds. The number of fused-ring (bicyclic) bond motifs is 2. The normalized spacial score (nSPS) is 12.0. The number of hydrogen-bond donors (Lipinski definition) is 1. The van der Waals surface area contributed by atoms with Crippen molar-refractivity contribution in [1.29, 1.82) is 0 Å². The predicted molar refractivity (Wildman–Crippen MR) is 110 cm³/mol. The molecule has 1 N–H and O–H groups in total. The number of rotatable bonds is 3. The number of nitrogens with one attached hydrogen (secondary N) is 1. The number of nitrogens with zero attached hydrogens (tertiary/aromatic N) is 2. The number of methoxy groups -OCH3 is 1. The van der Waals surface area contributed by atoms with E-state index in [0.717, 1.165) is 27.7 Å². The molecule has 0 aliphatic heterocycles. The second-order valence-corrected chi connectivity index (χ2v) is 6.39. The number of hydrogen-bond acceptors (Lipinski definition) is 4. The molecule has 0 atom stereocenters. The van der Waals surface area contributed by atoms with Crippen LogP contribution in [0.1, 0.15) is 0 Å². The van der Waals surface area contributed by atoms with Crippen LogP contribution < -0.4 is 10.3 Å². The van der Waals surface area contributed by atoms with Gasteiger partial charge in [0.05, 0.1) is 29.4 Å². The first kappa shape index (κ1) is 16.3. The molecule has 28 heavy (non-hydrogen) atoms. The fourth-order valence-corrected chi connectivity index (χ4v) is 3.24. The molecule has 0 saturated carbocycles. The Morgan fingerprint density at radius 1 is 0.929 bits per heavy atom. The van der Waals surface area contributed by atoms with E-state index in [2.05, 4.69) is 4.98 Å². The fourth-order valence-electron chi connectivity index (χ4n) is 3.24. The van der Waals surface area contributed by atoms with Gasteiger partial charge in [-0.2, -0.15) is 0 Å². The summed E-state index contributed by atoms with van der Waals surface area (Å²) >= 11 is 0. The molecule has 0 saturated heterocycles. The molecule has 5 aromatic rings. The summed E-state index contributed by atoms with van der Waals surface area (Å²) in [7, 11) is 1.63. The number of para-hydroxylation sites is 4. The zero-order chi connectivity index (χ0) is 18.9. The highest BCUT2D eigenvalue weighted by molar-refractivity contribution is 5.86. The van der Waals surface area contributed by atoms with Crippen molar-refractivity contribution in [1.82, 2.24) is 9.97 Å². The van der Waals surface area contributed by atoms with Gasteiger partial charge in [0.1, 0.15) is 5.82 Å². The Morgan fingerprint density at radius 2 is 1.75 bits per heavy atom. The first-order valence-corrected chi connectivity index (χ1v) is 8.97. The number of ether oxygens (including phenoxy) is 1. The topological polar surface area (TPSA) is 63.4 Å². The van der Waals surface area contributed by atoms with E-state index in [4.69, 9.17) is 19.1 Å². The molecule has 0 aliphatic carbocycles. The third kappa shape index (κ3) is 2.83. The largest absolute Gasteiger partial charge is 0.493 e. The van der Waals surface area contributed by atoms with Gasteiger partial charge in [0, 0.05) is 5.39 Å². The van der Waals surface area contributed by atoms with E-state index < -0.39 is 0 Å². The summed E-state index contributed by atoms with van der Waals surface area (Å²) in [6, 6.07) is 25.5. The van der Waals surface area contributed by atoms with Crippen molar-refractivity contribution in [2.45, 2.75) is 0 Å². The standard InChI is InChI=1S/C23H17N3O2/c1-27-20-13-7-8-15-14-17(22-25-18-11-5-6-12-19(18)26-22)23(28-21(15)20)24-16-9-3-2-4-10-16/h2-14H,1H3,(H,25,26). The van der Waals surface area contributed by atoms with E-state index in [0.29, 0.717) is 22.7 Å². The van der Waals surface area contributed by atoms with Gasteiger partial charge >= 0.3 is 0 Å². The molecule has 0 radical (unpaired) electrons. The van der Waals surface area contributed by atoms with Crippen LogP contribution in [-0.2, 0) is 0 Å². The van der Waals surface area contributed by atoms with E-state index in [9.17, 15) is 0 Å². The maximum atomic E-state index is 6.22. The number of aromatic nitrogens is 2. The average Bonchev–Trinajstić information content (AvgIpc) is 3.17. The molecule has 136 valence electrons. The third-order valence-electron chi connectivity index (χ3n) is 4.59. The molecular formula is C23H17N3O2. The van der Waals surface area contributed by atoms with Gasteiger partial charge in [0.2, 0.25) is 5.55 Å². The van der Waals surface area contributed by atoms with Gasteiger partial charge in [-0.15, -0.1) is 0 Å². The molecule has 5 nitrogen and oxygen atoms in total. The molecule has 0 bridgehead atoms. The molecule has 2 aromatic heterocycles. The Bertz CT molecular complexity index is 1320. The Labute approximate surface area is 161 Å². The summed E-state index contributed by atoms with van der Waals surface area (Å²) in [5.41, 5.74) is 4.59. The van der Waals surface area contributed by atoms with Crippen LogP contribution in [0.3, 0.4) is 0 Å². The van der Waals surface area contributed by atoms with Gasteiger partial charge in [-0.3, -0.25) is 0 Å². The molecule has 5 rings (SSSR count). The van der Waals surface area contributed by atoms with Crippen LogP contribution in [0.15, 0.2) is 88.3 Å². The summed E-state index contributed by atoms with van der Waals surface area (Å²) in [5, 5.41) is 0.918. The number of benzene rings is 3. The van der Waals surface area contributed by atoms with Crippen molar-refractivity contribution < 1.29 is 9.15 Å². The smallest absolute Gasteiger partial charge is 0.231 e. The van der Waals surface area contributed by atoms with Crippen LogP contribution in [-0.4, -0.2) is 17.1 Å². The second-order valence-electron chi connectivity index (χ2n) is 6.39. The summed E-state index contributed by atoms with van der Waals surface area (Å²) < 4.78 is 11.7. The van der Waals surface area contributed by atoms with Gasteiger partial charge in [-0.1, -0.05) is 42.5 Å². The Morgan fingerprint density at radius 3 is 2.57 bits per heavy atom. The number of aromatic amines is 1. The number of H-pyrrole nitrogens is 1. The zero-order valence-corrected chi connectivity index (χ0v) is 15.2. The second kappa shape index (κ2) is 6.70. The van der Waals surface area contributed by atoms with E-state index in [-0.39, 0.29) is 0 Å². The van der Waals surface area contributed by atoms with Crippen LogP contribution in [0.4, 0.5) is 5.69 Å². The Kier molecular flexibility index (Phi) is 3.91. The molecule has 0 unspecified atom stereocenters. The molecule has 3 aromatic carbocycles. The van der Waals surface area contributed by atoms with Gasteiger partial charge < -0.3 is 14.1 Å². The van der Waals surface area contributed by atoms with E-state index >= 15 is 0 Å². The minimum Gasteiger partial charge on any atom is -0.493 e. The monoisotopic (exact) mass is 367 g/mol. The van der Waals surface area contributed by atoms with Crippen molar-refractivity contribution in [2.24, 2.45) is 4.99 Å². The van der Waals surface area contributed by atoms with Crippen LogP contribution >= 0.6 is 0 Å². The van der Waals surface area contributed by atoms with Gasteiger partial charge in [0.25, 0.3) is 0 Å². The van der Waals surface area contributed by atoms with Crippen LogP contribution in [0.5, 0.6) is 5.75 Å². The molecule has 0 spiro atoms. The van der Waals surface area contributed by atoms with E-state index in [1.54, 1.807) is 7.11 Å². The summed E-state index contributed by atoms with van der Waals surface area (Å²) in [5.74, 6) is 1.38. The van der Waals surface area contributed by atoms with Crippen LogP contribution in [0.2, 0.25) is 0 Å². The van der Waals surface area contributed by atoms with Crippen LogP contribution in [0.25, 0.3) is 33.4 Å². The number of imidazole rings is 1. The SMILES string of the molecule is COc1cccc2cc(-c3nc4ccccc4[nH]3)c(=Nc3ccccc3)oc12. The predicted octanol–water partition coefficient (Wildman–Crippen LogP) is 5.22. The van der Waals surface area contributed by atoms with Gasteiger partial charge in [0.15, 0.2) is 11.3 Å². The van der Waals surface area contributed by atoms with Crippen molar-refractivity contribution in [3.63, 3.8) is 0 Å². The highest BCUT2D eigenvalue weighted by atomic mass is 16.5. The minimum atomic E-state index is 0.474. The van der Waals surface area contributed by atoms with Crippen molar-refractivity contribution in [3.8, 4) is 17.1 Å². The lowest BCUT2D eigenvalue weighted by Crippen LogP contribution is -2.06. The fraction of sp³-hybridized carbons (Fsp3) is 0.0435. The van der Waals surface area contributed by atoms with E-state index in [1.165, 1.54) is 0 Å². The lowest BCUT2D eigenvalue weighted by Gasteiger charge is -2.06. The average molecular weight is 367 g/mol. The molecule has 2 heterocycles. The summed E-state index contributed by atoms with van der Waals surface area (Å²) in [6.07, 6.45) is 0. The highest BCUT2D eigenvalue weighted by Gasteiger charge is 2.13. The van der Waals surface area contributed by atoms with Crippen molar-refractivity contribution in [2.75, 3.05) is 7.11 Å². The van der Waals surface area contributed by atoms with Gasteiger partial charge in [-0.25, -0.2) is 9.98 Å². The minimum absolute atomic E-state index is 0.474. The lowest BCUT2D eigenvalue weighted by molar-refractivity contribution is 0.406. The molecular weight excluding hydrogens is 350 g/mol. The van der Waals surface area contributed by atoms with Gasteiger partial charge in [-0.05, 0) is 36.4 Å². The summed E-state index contributed by atoms with van der Waals surface area (Å²) in [6.45, 7) is 0. The zero-order valence-electron chi connectivity index (χ0n) is 15.2. The highest BCUT2D eigenvalue weighted by Crippen LogP contribution is 2.28. The van der Waals surface area contributed by atoms with Crippen molar-refractivity contribution >= 4 is 27.7 Å². The lowest BCUT2D eigenvalue weighted by atomic mass is 10.1.